The molecule has 0 bridgehead atoms. The minimum Gasteiger partial charge on any atom is -0.350 e. The minimum absolute atomic E-state index is 0.155. The number of anilines is 1. The molecule has 138 valence electrons. The Morgan fingerprint density at radius 1 is 0.917 bits per heavy atom. The first kappa shape index (κ1) is 20.5. The second-order valence-corrected chi connectivity index (χ2v) is 7.17. The fourth-order valence-electron chi connectivity index (χ4n) is 1.63. The van der Waals surface area contributed by atoms with Crippen LogP contribution in [0.5, 0.6) is 0 Å². The summed E-state index contributed by atoms with van der Waals surface area (Å²) in [5, 5.41) is 8.56. The van der Waals surface area contributed by atoms with Crippen LogP contribution in [0.25, 0.3) is 0 Å². The molecule has 0 aromatic heterocycles. The number of benzene rings is 1. The van der Waals surface area contributed by atoms with Gasteiger partial charge in [0.1, 0.15) is 0 Å². The van der Waals surface area contributed by atoms with E-state index in [-0.39, 0.29) is 5.69 Å². The first-order valence-corrected chi connectivity index (χ1v) is 7.59. The zero-order valence-corrected chi connectivity index (χ0v) is 13.5. The van der Waals surface area contributed by atoms with Crippen LogP contribution in [0.3, 0.4) is 0 Å². The Hall–Kier alpha value is -1.53. The Morgan fingerprint density at radius 3 is 1.67 bits per heavy atom. The molecular weight excluding hydrogens is 366 g/mol. The summed E-state index contributed by atoms with van der Waals surface area (Å²) >= 11 is 0. The monoisotopic (exact) mass is 380 g/mol. The molecule has 1 N–H and O–H groups in total. The van der Waals surface area contributed by atoms with Crippen molar-refractivity contribution in [2.75, 3.05) is 25.4 Å². The summed E-state index contributed by atoms with van der Waals surface area (Å²) in [5.74, 6) is -11.1. The highest BCUT2D eigenvalue weighted by Crippen LogP contribution is 2.49. The van der Waals surface area contributed by atoms with Crippen molar-refractivity contribution < 1.29 is 39.9 Å². The lowest BCUT2D eigenvalue weighted by molar-refractivity contribution is -0.390. The number of rotatable bonds is 5. The highest BCUT2D eigenvalue weighted by molar-refractivity contribution is 7.90. The molecule has 0 radical (unpaired) electrons. The van der Waals surface area contributed by atoms with E-state index < -0.39 is 33.7 Å². The quantitative estimate of drug-likeness (QED) is 0.797. The van der Waals surface area contributed by atoms with Crippen molar-refractivity contribution in [1.29, 1.82) is 0 Å². The number of aliphatic hydroxyl groups is 1. The Balaban J connectivity index is 3.25. The summed E-state index contributed by atoms with van der Waals surface area (Å²) in [6, 6.07) is 2.31. The number of hydrogen-bond donors (Lipinski definition) is 1. The largest absolute Gasteiger partial charge is 0.455 e. The second-order valence-electron chi connectivity index (χ2n) is 5.00. The van der Waals surface area contributed by atoms with Crippen molar-refractivity contribution in [1.82, 2.24) is 4.31 Å². The van der Waals surface area contributed by atoms with Crippen LogP contribution in [0.2, 0.25) is 0 Å². The van der Waals surface area contributed by atoms with Gasteiger partial charge in [0.05, 0.1) is 5.69 Å². The molecule has 0 aliphatic rings. The maximum atomic E-state index is 13.6. The molecule has 0 fully saturated rings. The summed E-state index contributed by atoms with van der Waals surface area (Å²) in [7, 11) is -0.449. The lowest BCUT2D eigenvalue weighted by atomic mass is 10.0. The Kier molecular flexibility index (Phi) is 5.20. The van der Waals surface area contributed by atoms with E-state index in [1.807, 2.05) is 0 Å². The fourth-order valence-corrected chi connectivity index (χ4v) is 2.51. The van der Waals surface area contributed by atoms with Gasteiger partial charge < -0.3 is 5.11 Å². The van der Waals surface area contributed by atoms with E-state index in [0.717, 1.165) is 23.5 Å². The topological polar surface area (TPSA) is 60.9 Å². The molecule has 1 atom stereocenters. The molecule has 24 heavy (non-hydrogen) atoms. The number of alkyl halides is 6. The molecule has 1 aromatic rings. The van der Waals surface area contributed by atoms with Crippen LogP contribution in [0.15, 0.2) is 24.3 Å². The summed E-state index contributed by atoms with van der Waals surface area (Å²) in [5.41, 5.74) is -1.62. The van der Waals surface area contributed by atoms with Crippen molar-refractivity contribution in [3.8, 4) is 0 Å². The summed E-state index contributed by atoms with van der Waals surface area (Å²) in [6.45, 7) is 0. The van der Waals surface area contributed by atoms with E-state index in [2.05, 4.69) is 0 Å². The maximum Gasteiger partial charge on any atom is 0.455 e. The molecule has 12 heteroatoms. The van der Waals surface area contributed by atoms with E-state index in [1.54, 1.807) is 0 Å². The second kappa shape index (κ2) is 6.08. The first-order valence-electron chi connectivity index (χ1n) is 6.19. The summed E-state index contributed by atoms with van der Waals surface area (Å²) in [6.07, 6.45) is -6.22. The molecular formula is C12H14F6N2O3S. The summed E-state index contributed by atoms with van der Waals surface area (Å²) in [4.78, 5) is 0. The number of hydrogen-bond acceptors (Lipinski definition) is 3. The van der Waals surface area contributed by atoms with E-state index in [0.29, 0.717) is 16.4 Å². The van der Waals surface area contributed by atoms with Gasteiger partial charge in [0.25, 0.3) is 0 Å². The minimum atomic E-state index is -6.22. The van der Waals surface area contributed by atoms with Gasteiger partial charge in [-0.3, -0.25) is 4.31 Å². The van der Waals surface area contributed by atoms with Crippen molar-refractivity contribution in [2.24, 2.45) is 0 Å². The van der Waals surface area contributed by atoms with Gasteiger partial charge in [-0.25, -0.2) is 0 Å². The normalized spacial score (nSPS) is 16.1. The van der Waals surface area contributed by atoms with Gasteiger partial charge in [0.2, 0.25) is 0 Å². The van der Waals surface area contributed by atoms with Crippen molar-refractivity contribution >= 4 is 15.9 Å². The standard InChI is InChI=1S/C12H14F6N2O3S/c1-19(2)24(22,23)20(3)9-6-4-8(5-7-9)10(13,14)11(15,21)12(16,17)18/h4-7,21H,1-3H3. The van der Waals surface area contributed by atoms with Crippen LogP contribution in [-0.2, 0) is 16.1 Å². The molecule has 0 heterocycles. The molecule has 0 aliphatic carbocycles. The Bertz CT molecular complexity index is 686. The highest BCUT2D eigenvalue weighted by Gasteiger charge is 2.71. The van der Waals surface area contributed by atoms with Crippen molar-refractivity contribution in [2.45, 2.75) is 18.0 Å². The third kappa shape index (κ3) is 3.30. The molecule has 0 amide bonds. The van der Waals surface area contributed by atoms with E-state index in [9.17, 15) is 34.8 Å². The zero-order valence-electron chi connectivity index (χ0n) is 12.6. The zero-order chi connectivity index (χ0) is 19.1. The van der Waals surface area contributed by atoms with Gasteiger partial charge in [-0.1, -0.05) is 12.1 Å². The third-order valence-electron chi connectivity index (χ3n) is 3.19. The van der Waals surface area contributed by atoms with Gasteiger partial charge >= 0.3 is 28.2 Å². The van der Waals surface area contributed by atoms with Gasteiger partial charge in [-0.2, -0.15) is 39.1 Å². The maximum absolute atomic E-state index is 13.6. The Labute approximate surface area is 134 Å². The molecule has 1 aromatic carbocycles. The highest BCUT2D eigenvalue weighted by atomic mass is 32.2. The average molecular weight is 380 g/mol. The molecule has 0 saturated carbocycles. The lowest BCUT2D eigenvalue weighted by Gasteiger charge is -2.30. The predicted octanol–water partition coefficient (Wildman–Crippen LogP) is 2.24. The fraction of sp³-hybridized carbons (Fsp3) is 0.500. The lowest BCUT2D eigenvalue weighted by Crippen LogP contribution is -2.53. The molecule has 0 aliphatic heterocycles. The van der Waals surface area contributed by atoms with Crippen molar-refractivity contribution in [3.63, 3.8) is 0 Å². The molecule has 5 nitrogen and oxygen atoms in total. The molecule has 1 rings (SSSR count). The smallest absolute Gasteiger partial charge is 0.350 e. The third-order valence-corrected chi connectivity index (χ3v) is 5.02. The van der Waals surface area contributed by atoms with E-state index in [1.165, 1.54) is 14.1 Å². The van der Waals surface area contributed by atoms with Gasteiger partial charge in [-0.15, -0.1) is 0 Å². The van der Waals surface area contributed by atoms with E-state index in [4.69, 9.17) is 5.11 Å². The van der Waals surface area contributed by atoms with Crippen LogP contribution in [0, 0.1) is 0 Å². The van der Waals surface area contributed by atoms with Crippen molar-refractivity contribution in [3.05, 3.63) is 29.8 Å². The first-order chi connectivity index (χ1) is 10.6. The SMILES string of the molecule is CN(C)S(=O)(=O)N(C)c1ccc(C(F)(F)C(O)(F)C(F)(F)F)cc1. The van der Waals surface area contributed by atoms with Crippen LogP contribution in [0.4, 0.5) is 32.0 Å². The van der Waals surface area contributed by atoms with E-state index >= 15 is 0 Å². The van der Waals surface area contributed by atoms with Crippen LogP contribution >= 0.6 is 0 Å². The van der Waals surface area contributed by atoms with Crippen LogP contribution in [-0.4, -0.2) is 51.0 Å². The molecule has 0 saturated heterocycles. The predicted molar refractivity (Wildman–Crippen MR) is 73.5 cm³/mol. The number of nitrogens with zero attached hydrogens (tertiary/aromatic N) is 2. The average Bonchev–Trinajstić information content (AvgIpc) is 2.45. The van der Waals surface area contributed by atoms with Crippen LogP contribution < -0.4 is 4.31 Å². The van der Waals surface area contributed by atoms with Gasteiger partial charge in [0, 0.05) is 26.7 Å². The Morgan fingerprint density at radius 2 is 1.33 bits per heavy atom. The molecule has 1 unspecified atom stereocenters. The summed E-state index contributed by atoms with van der Waals surface area (Å²) < 4.78 is 102. The molecule has 0 spiro atoms. The van der Waals surface area contributed by atoms with Crippen LogP contribution in [0.1, 0.15) is 5.56 Å². The number of halogens is 6. The van der Waals surface area contributed by atoms with Gasteiger partial charge in [0.15, 0.2) is 0 Å². The van der Waals surface area contributed by atoms with Gasteiger partial charge in [-0.05, 0) is 12.1 Å².